The van der Waals surface area contributed by atoms with E-state index in [1.165, 1.54) is 6.92 Å². The molecule has 3 N–H and O–H groups in total. The van der Waals surface area contributed by atoms with Crippen molar-refractivity contribution in [3.05, 3.63) is 29.8 Å². The predicted octanol–water partition coefficient (Wildman–Crippen LogP) is 1.57. The van der Waals surface area contributed by atoms with Gasteiger partial charge in [0.2, 0.25) is 0 Å². The average molecular weight is 220 g/mol. The zero-order valence-electron chi connectivity index (χ0n) is 8.80. The number of ketones is 1. The highest BCUT2D eigenvalue weighted by atomic mass is 16.5. The third-order valence-corrected chi connectivity index (χ3v) is 1.81. The van der Waals surface area contributed by atoms with Crippen LogP contribution in [0.5, 0.6) is 5.75 Å². The van der Waals surface area contributed by atoms with Gasteiger partial charge in [0.05, 0.1) is 0 Å². The van der Waals surface area contributed by atoms with Gasteiger partial charge >= 0.3 is 0 Å². The Balaban J connectivity index is 2.56. The number of carbonyl (C=O) groups is 1. The van der Waals surface area contributed by atoms with Crippen LogP contribution >= 0.6 is 0 Å². The number of nitrogens with one attached hydrogen (secondary N) is 1. The van der Waals surface area contributed by atoms with Crippen LogP contribution in [-0.4, -0.2) is 18.2 Å². The molecule has 0 aliphatic carbocycles. The molecule has 0 unspecified atom stereocenters. The molecule has 1 rings (SSSR count). The lowest BCUT2D eigenvalue weighted by Crippen LogP contribution is -2.07. The molecule has 0 radical (unpaired) electrons. The lowest BCUT2D eigenvalue weighted by Gasteiger charge is -2.04. The summed E-state index contributed by atoms with van der Waals surface area (Å²) in [6.45, 7) is 1.48. The van der Waals surface area contributed by atoms with E-state index in [1.807, 2.05) is 0 Å². The van der Waals surface area contributed by atoms with Crippen LogP contribution in [0.1, 0.15) is 17.3 Å². The fourth-order valence-corrected chi connectivity index (χ4v) is 1.04. The van der Waals surface area contributed by atoms with Gasteiger partial charge in [0.25, 0.3) is 0 Å². The molecule has 0 saturated heterocycles. The summed E-state index contributed by atoms with van der Waals surface area (Å²) >= 11 is 0. The maximum atomic E-state index is 11.0. The minimum Gasteiger partial charge on any atom is -0.486 e. The van der Waals surface area contributed by atoms with Crippen LogP contribution in [0.2, 0.25) is 0 Å². The van der Waals surface area contributed by atoms with Crippen molar-refractivity contribution in [2.45, 2.75) is 6.92 Å². The molecule has 1 aromatic carbocycles. The number of hydrogen-bond donors (Lipinski definition) is 2. The standard InChI is InChI=1S/C10H12N4O2/c1-7(15)8-2-4-9(5-3-8)16-6-10(11)13-14-12/h2-5H,6H2,1H3,(H3,11,12,13). The zero-order valence-corrected chi connectivity index (χ0v) is 8.80. The molecular formula is C10H12N4O2. The molecule has 84 valence electrons. The van der Waals surface area contributed by atoms with Crippen LogP contribution < -0.4 is 10.6 Å². The second-order valence-electron chi connectivity index (χ2n) is 3.03. The van der Waals surface area contributed by atoms with Crippen molar-refractivity contribution in [1.82, 2.24) is 0 Å². The molecule has 0 heterocycles. The highest BCUT2D eigenvalue weighted by molar-refractivity contribution is 5.94. The Morgan fingerprint density at radius 3 is 2.56 bits per heavy atom. The molecule has 6 heteroatoms. The van der Waals surface area contributed by atoms with E-state index in [0.717, 1.165) is 0 Å². The second-order valence-corrected chi connectivity index (χ2v) is 3.03. The van der Waals surface area contributed by atoms with Crippen LogP contribution in [0.25, 0.3) is 0 Å². The van der Waals surface area contributed by atoms with E-state index < -0.39 is 0 Å². The topological polar surface area (TPSA) is 101 Å². The van der Waals surface area contributed by atoms with Crippen LogP contribution in [0.15, 0.2) is 34.6 Å². The maximum Gasteiger partial charge on any atom is 0.183 e. The Kier molecular flexibility index (Phi) is 4.14. The minimum atomic E-state index is -0.0712. The Labute approximate surface area is 92.6 Å². The van der Waals surface area contributed by atoms with Crippen molar-refractivity contribution in [2.75, 3.05) is 6.61 Å². The largest absolute Gasteiger partial charge is 0.486 e. The Hall–Kier alpha value is -2.24. The lowest BCUT2D eigenvalue weighted by atomic mass is 10.1. The fraction of sp³-hybridized carbons (Fsp3) is 0.200. The molecule has 0 bridgehead atoms. The summed E-state index contributed by atoms with van der Waals surface area (Å²) in [5.74, 6) is 5.26. The van der Waals surface area contributed by atoms with Gasteiger partial charge in [-0.3, -0.25) is 10.2 Å². The number of nitrogens with two attached hydrogens (primary N) is 1. The summed E-state index contributed by atoms with van der Waals surface area (Å²) < 4.78 is 5.21. The Morgan fingerprint density at radius 1 is 1.44 bits per heavy atom. The molecule has 0 aliphatic heterocycles. The summed E-state index contributed by atoms with van der Waals surface area (Å²) in [5, 5.41) is 13.5. The Bertz CT molecular complexity index is 411. The third kappa shape index (κ3) is 3.49. The first-order chi connectivity index (χ1) is 7.63. The molecule has 6 nitrogen and oxygen atoms in total. The van der Waals surface area contributed by atoms with E-state index >= 15 is 0 Å². The molecule has 0 fully saturated rings. The Morgan fingerprint density at radius 2 is 2.06 bits per heavy atom. The smallest absolute Gasteiger partial charge is 0.183 e. The van der Waals surface area contributed by atoms with Crippen molar-refractivity contribution in [2.24, 2.45) is 16.2 Å². The van der Waals surface area contributed by atoms with Gasteiger partial charge < -0.3 is 10.6 Å². The molecule has 0 atom stereocenters. The minimum absolute atomic E-state index is 0.00350. The van der Waals surface area contributed by atoms with Crippen LogP contribution in [0.4, 0.5) is 0 Å². The van der Waals surface area contributed by atoms with Crippen molar-refractivity contribution in [1.29, 1.82) is 5.41 Å². The number of benzene rings is 1. The summed E-state index contributed by atoms with van der Waals surface area (Å²) in [6.07, 6.45) is 0. The van der Waals surface area contributed by atoms with Gasteiger partial charge in [-0.1, -0.05) is 5.22 Å². The molecule has 1 aromatic rings. The first-order valence-corrected chi connectivity index (χ1v) is 4.55. The third-order valence-electron chi connectivity index (χ3n) is 1.81. The molecule has 0 aliphatic rings. The van der Waals surface area contributed by atoms with Gasteiger partial charge in [0.15, 0.2) is 11.6 Å². The number of hydrogen-bond acceptors (Lipinski definition) is 4. The highest BCUT2D eigenvalue weighted by Gasteiger charge is 2.00. The van der Waals surface area contributed by atoms with Gasteiger partial charge in [-0.15, -0.1) is 5.11 Å². The summed E-state index contributed by atoms with van der Waals surface area (Å²) in [5.41, 5.74) is 0.615. The van der Waals surface area contributed by atoms with Crippen LogP contribution in [-0.2, 0) is 0 Å². The molecule has 16 heavy (non-hydrogen) atoms. The van der Waals surface area contributed by atoms with E-state index in [2.05, 4.69) is 10.3 Å². The highest BCUT2D eigenvalue weighted by Crippen LogP contribution is 2.12. The summed E-state index contributed by atoms with van der Waals surface area (Å²) in [4.78, 5) is 11.0. The molecular weight excluding hydrogens is 208 g/mol. The van der Waals surface area contributed by atoms with Crippen LogP contribution in [0.3, 0.4) is 0 Å². The number of rotatable bonds is 4. The van der Waals surface area contributed by atoms with Crippen molar-refractivity contribution >= 4 is 11.6 Å². The monoisotopic (exact) mass is 220 g/mol. The lowest BCUT2D eigenvalue weighted by molar-refractivity contribution is 0.101. The zero-order chi connectivity index (χ0) is 12.0. The van der Waals surface area contributed by atoms with Crippen molar-refractivity contribution in [3.63, 3.8) is 0 Å². The molecule has 0 aromatic heterocycles. The summed E-state index contributed by atoms with van der Waals surface area (Å²) in [6, 6.07) is 6.63. The predicted molar refractivity (Wildman–Crippen MR) is 58.7 cm³/mol. The number of carbonyl (C=O) groups excluding carboxylic acids is 1. The first kappa shape index (κ1) is 11.8. The molecule has 0 amide bonds. The summed E-state index contributed by atoms with van der Waals surface area (Å²) in [7, 11) is 0. The van der Waals surface area contributed by atoms with E-state index in [-0.39, 0.29) is 18.2 Å². The molecule has 0 spiro atoms. The van der Waals surface area contributed by atoms with E-state index in [9.17, 15) is 4.79 Å². The molecule has 0 saturated carbocycles. The number of ether oxygens (including phenoxy) is 1. The van der Waals surface area contributed by atoms with E-state index in [1.54, 1.807) is 24.3 Å². The quantitative estimate of drug-likeness (QED) is 0.201. The first-order valence-electron chi connectivity index (χ1n) is 4.55. The van der Waals surface area contributed by atoms with Gasteiger partial charge in [0.1, 0.15) is 12.4 Å². The fourth-order valence-electron chi connectivity index (χ4n) is 1.04. The van der Waals surface area contributed by atoms with E-state index in [4.69, 9.17) is 16.0 Å². The normalized spacial score (nSPS) is 10.3. The average Bonchev–Trinajstić information content (AvgIpc) is 2.27. The second kappa shape index (κ2) is 5.59. The van der Waals surface area contributed by atoms with Crippen LogP contribution in [0, 0.1) is 5.41 Å². The van der Waals surface area contributed by atoms with Crippen molar-refractivity contribution in [3.8, 4) is 5.75 Å². The number of Topliss-reactive ketones (excluding diaryl/α,β-unsaturated/α-hetero) is 1. The van der Waals surface area contributed by atoms with Gasteiger partial charge in [0, 0.05) is 5.56 Å². The van der Waals surface area contributed by atoms with E-state index in [0.29, 0.717) is 11.3 Å². The SMILES string of the molecule is CC(=O)c1ccc(OCC(=N)N=NN)cc1. The van der Waals surface area contributed by atoms with Gasteiger partial charge in [-0.25, -0.2) is 0 Å². The van der Waals surface area contributed by atoms with Crippen molar-refractivity contribution < 1.29 is 9.53 Å². The van der Waals surface area contributed by atoms with Gasteiger partial charge in [-0.2, -0.15) is 0 Å². The maximum absolute atomic E-state index is 11.0. The van der Waals surface area contributed by atoms with Gasteiger partial charge in [-0.05, 0) is 31.2 Å². The number of amidine groups is 1. The number of nitrogens with zero attached hydrogens (tertiary/aromatic N) is 2.